The first kappa shape index (κ1) is 9.27. The molecule has 1 aromatic rings. The maximum atomic E-state index is 12.6. The molecule has 0 N–H and O–H groups in total. The minimum absolute atomic E-state index is 0.0201. The number of alkyl halides is 1. The maximum Gasteiger partial charge on any atom is 0.123 e. The molecule has 0 aliphatic heterocycles. The van der Waals surface area contributed by atoms with Crippen molar-refractivity contribution < 1.29 is 4.39 Å². The van der Waals surface area contributed by atoms with Gasteiger partial charge in [-0.05, 0) is 24.6 Å². The van der Waals surface area contributed by atoms with Crippen LogP contribution >= 0.6 is 11.6 Å². The van der Waals surface area contributed by atoms with Crippen molar-refractivity contribution in [3.63, 3.8) is 0 Å². The summed E-state index contributed by atoms with van der Waals surface area (Å²) in [5.41, 5.74) is 0.836. The van der Waals surface area contributed by atoms with Crippen molar-refractivity contribution in [1.29, 1.82) is 0 Å². The van der Waals surface area contributed by atoms with E-state index in [4.69, 9.17) is 11.6 Å². The summed E-state index contributed by atoms with van der Waals surface area (Å²) >= 11 is 5.69. The first-order valence-corrected chi connectivity index (χ1v) is 4.20. The molecule has 0 amide bonds. The Bertz CT molecular complexity index is 279. The fourth-order valence-electron chi connectivity index (χ4n) is 0.854. The first-order chi connectivity index (χ1) is 5.68. The van der Waals surface area contributed by atoms with Crippen LogP contribution in [0.5, 0.6) is 0 Å². The Kier molecular flexibility index (Phi) is 3.30. The summed E-state index contributed by atoms with van der Waals surface area (Å²) in [7, 11) is 0. The van der Waals surface area contributed by atoms with Crippen molar-refractivity contribution in [3.8, 4) is 0 Å². The van der Waals surface area contributed by atoms with Crippen LogP contribution in [0, 0.1) is 5.82 Å². The van der Waals surface area contributed by atoms with Crippen LogP contribution in [0.1, 0.15) is 12.5 Å². The Labute approximate surface area is 76.7 Å². The van der Waals surface area contributed by atoms with Gasteiger partial charge < -0.3 is 0 Å². The van der Waals surface area contributed by atoms with Gasteiger partial charge in [0.05, 0.1) is 0 Å². The van der Waals surface area contributed by atoms with Gasteiger partial charge in [0.25, 0.3) is 0 Å². The van der Waals surface area contributed by atoms with Gasteiger partial charge in [0.2, 0.25) is 0 Å². The molecule has 1 unspecified atom stereocenters. The molecule has 0 spiro atoms. The molecule has 0 saturated carbocycles. The topological polar surface area (TPSA) is 0 Å². The van der Waals surface area contributed by atoms with Crippen molar-refractivity contribution in [2.45, 2.75) is 12.3 Å². The van der Waals surface area contributed by atoms with Crippen LogP contribution in [0.4, 0.5) is 4.39 Å². The van der Waals surface area contributed by atoms with Crippen LogP contribution in [-0.4, -0.2) is 5.38 Å². The Morgan fingerprint density at radius 1 is 1.50 bits per heavy atom. The predicted molar refractivity (Wildman–Crippen MR) is 50.7 cm³/mol. The largest absolute Gasteiger partial charge is 0.207 e. The lowest BCUT2D eigenvalue weighted by Crippen LogP contribution is -1.81. The Morgan fingerprint density at radius 3 is 2.83 bits per heavy atom. The molecule has 0 fully saturated rings. The average molecular weight is 185 g/mol. The zero-order valence-electron chi connectivity index (χ0n) is 6.80. The van der Waals surface area contributed by atoms with Gasteiger partial charge >= 0.3 is 0 Å². The van der Waals surface area contributed by atoms with Crippen LogP contribution in [-0.2, 0) is 0 Å². The molecular formula is C10H10ClF. The number of allylic oxidation sites excluding steroid dienone is 1. The number of halogens is 2. The number of hydrogen-bond acceptors (Lipinski definition) is 0. The quantitative estimate of drug-likeness (QED) is 0.618. The van der Waals surface area contributed by atoms with E-state index in [0.717, 1.165) is 5.56 Å². The molecule has 0 heterocycles. The molecule has 0 bridgehead atoms. The molecule has 1 atom stereocenters. The zero-order chi connectivity index (χ0) is 8.97. The predicted octanol–water partition coefficient (Wildman–Crippen LogP) is 3.47. The molecule has 0 saturated heterocycles. The summed E-state index contributed by atoms with van der Waals surface area (Å²) in [6.07, 6.45) is 3.62. The second kappa shape index (κ2) is 4.27. The number of rotatable bonds is 2. The molecule has 0 aliphatic carbocycles. The van der Waals surface area contributed by atoms with Crippen LogP contribution in [0.2, 0.25) is 0 Å². The highest BCUT2D eigenvalue weighted by Gasteiger charge is 1.91. The SMILES string of the molecule is CC(Cl)/C=C/c1cccc(F)c1. The van der Waals surface area contributed by atoms with E-state index in [-0.39, 0.29) is 11.2 Å². The lowest BCUT2D eigenvalue weighted by Gasteiger charge is -1.94. The van der Waals surface area contributed by atoms with Crippen molar-refractivity contribution in [2.24, 2.45) is 0 Å². The van der Waals surface area contributed by atoms with Gasteiger partial charge in [-0.1, -0.05) is 24.3 Å². The van der Waals surface area contributed by atoms with Gasteiger partial charge in [-0.25, -0.2) is 4.39 Å². The average Bonchev–Trinajstić information content (AvgIpc) is 2.01. The van der Waals surface area contributed by atoms with Crippen molar-refractivity contribution in [1.82, 2.24) is 0 Å². The van der Waals surface area contributed by atoms with E-state index in [1.165, 1.54) is 12.1 Å². The van der Waals surface area contributed by atoms with Crippen LogP contribution in [0.25, 0.3) is 6.08 Å². The summed E-state index contributed by atoms with van der Waals surface area (Å²) in [6, 6.07) is 6.39. The van der Waals surface area contributed by atoms with Gasteiger partial charge in [-0.2, -0.15) is 0 Å². The second-order valence-electron chi connectivity index (χ2n) is 2.59. The van der Waals surface area contributed by atoms with Crippen LogP contribution < -0.4 is 0 Å². The highest BCUT2D eigenvalue weighted by Crippen LogP contribution is 2.07. The fraction of sp³-hybridized carbons (Fsp3) is 0.200. The van der Waals surface area contributed by atoms with E-state index in [1.54, 1.807) is 12.1 Å². The molecular weight excluding hydrogens is 175 g/mol. The third kappa shape index (κ3) is 3.05. The second-order valence-corrected chi connectivity index (χ2v) is 3.28. The molecule has 1 aromatic carbocycles. The van der Waals surface area contributed by atoms with Gasteiger partial charge in [0.15, 0.2) is 0 Å². The smallest absolute Gasteiger partial charge is 0.123 e. The standard InChI is InChI=1S/C10H10ClF/c1-8(11)5-6-9-3-2-4-10(12)7-9/h2-8H,1H3/b6-5+. The minimum atomic E-state index is -0.223. The zero-order valence-corrected chi connectivity index (χ0v) is 7.55. The summed E-state index contributed by atoms with van der Waals surface area (Å²) in [4.78, 5) is 0. The third-order valence-electron chi connectivity index (χ3n) is 1.40. The molecule has 1 rings (SSSR count). The summed E-state index contributed by atoms with van der Waals surface area (Å²) in [6.45, 7) is 1.86. The number of hydrogen-bond donors (Lipinski definition) is 0. The normalized spacial score (nSPS) is 13.6. The van der Waals surface area contributed by atoms with Gasteiger partial charge in [-0.15, -0.1) is 11.6 Å². The first-order valence-electron chi connectivity index (χ1n) is 3.76. The molecule has 0 radical (unpaired) electrons. The van der Waals surface area contributed by atoms with Gasteiger partial charge in [0, 0.05) is 5.38 Å². The molecule has 0 aromatic heterocycles. The lowest BCUT2D eigenvalue weighted by molar-refractivity contribution is 0.627. The molecule has 0 aliphatic rings. The summed E-state index contributed by atoms with van der Waals surface area (Å²) < 4.78 is 12.6. The van der Waals surface area contributed by atoms with Crippen molar-refractivity contribution >= 4 is 17.7 Å². The monoisotopic (exact) mass is 184 g/mol. The highest BCUT2D eigenvalue weighted by molar-refractivity contribution is 6.21. The molecule has 2 heteroatoms. The third-order valence-corrected chi connectivity index (χ3v) is 1.55. The van der Waals surface area contributed by atoms with E-state index >= 15 is 0 Å². The minimum Gasteiger partial charge on any atom is -0.207 e. The van der Waals surface area contributed by atoms with Gasteiger partial charge in [-0.3, -0.25) is 0 Å². The van der Waals surface area contributed by atoms with Gasteiger partial charge in [0.1, 0.15) is 5.82 Å². The van der Waals surface area contributed by atoms with E-state index in [0.29, 0.717) is 0 Å². The lowest BCUT2D eigenvalue weighted by atomic mass is 10.2. The maximum absolute atomic E-state index is 12.6. The Balaban J connectivity index is 2.76. The molecule has 64 valence electrons. The van der Waals surface area contributed by atoms with Crippen LogP contribution in [0.15, 0.2) is 30.3 Å². The van der Waals surface area contributed by atoms with E-state index in [1.807, 2.05) is 19.1 Å². The van der Waals surface area contributed by atoms with Crippen molar-refractivity contribution in [3.05, 3.63) is 41.7 Å². The van der Waals surface area contributed by atoms with Crippen LogP contribution in [0.3, 0.4) is 0 Å². The highest BCUT2D eigenvalue weighted by atomic mass is 35.5. The number of benzene rings is 1. The molecule has 0 nitrogen and oxygen atoms in total. The van der Waals surface area contributed by atoms with Crippen molar-refractivity contribution in [2.75, 3.05) is 0 Å². The fourth-order valence-corrected chi connectivity index (χ4v) is 0.927. The summed E-state index contributed by atoms with van der Waals surface area (Å²) in [5, 5.41) is -0.0201. The Morgan fingerprint density at radius 2 is 2.25 bits per heavy atom. The Hall–Kier alpha value is -0.820. The summed E-state index contributed by atoms with van der Waals surface area (Å²) in [5.74, 6) is -0.223. The van der Waals surface area contributed by atoms with E-state index in [2.05, 4.69) is 0 Å². The molecule has 12 heavy (non-hydrogen) atoms. The van der Waals surface area contributed by atoms with E-state index in [9.17, 15) is 4.39 Å². The van der Waals surface area contributed by atoms with E-state index < -0.39 is 0 Å².